The summed E-state index contributed by atoms with van der Waals surface area (Å²) in [6.45, 7) is 4.80. The molecular formula is C14H20FN3O. The minimum Gasteiger partial charge on any atom is -0.321 e. The van der Waals surface area contributed by atoms with E-state index in [1.165, 1.54) is 12.1 Å². The maximum atomic E-state index is 13.3. The molecule has 1 aromatic carbocycles. The van der Waals surface area contributed by atoms with Crippen molar-refractivity contribution in [1.82, 2.24) is 15.1 Å². The van der Waals surface area contributed by atoms with E-state index >= 15 is 0 Å². The van der Waals surface area contributed by atoms with Gasteiger partial charge in [-0.15, -0.1) is 0 Å². The fraction of sp³-hybridized carbons (Fsp3) is 0.500. The first-order valence-electron chi connectivity index (χ1n) is 6.58. The number of carbonyl (C=O) groups is 1. The lowest BCUT2D eigenvalue weighted by Crippen LogP contribution is -2.37. The lowest BCUT2D eigenvalue weighted by molar-refractivity contribution is -0.128. The number of carbonyl (C=O) groups excluding carboxylic acids is 1. The Morgan fingerprint density at radius 1 is 1.53 bits per heavy atom. The van der Waals surface area contributed by atoms with Crippen LogP contribution < -0.4 is 5.32 Å². The number of rotatable bonds is 5. The predicted molar refractivity (Wildman–Crippen MR) is 72.0 cm³/mol. The van der Waals surface area contributed by atoms with Crippen molar-refractivity contribution >= 4 is 5.91 Å². The van der Waals surface area contributed by atoms with Crippen LogP contribution in [0.3, 0.4) is 0 Å². The van der Waals surface area contributed by atoms with Crippen LogP contribution in [-0.4, -0.2) is 48.9 Å². The highest BCUT2D eigenvalue weighted by Crippen LogP contribution is 2.22. The quantitative estimate of drug-likeness (QED) is 0.869. The Labute approximate surface area is 113 Å². The van der Waals surface area contributed by atoms with E-state index in [4.69, 9.17) is 0 Å². The summed E-state index contributed by atoms with van der Waals surface area (Å²) in [4.78, 5) is 15.8. The Kier molecular flexibility index (Phi) is 4.50. The van der Waals surface area contributed by atoms with Gasteiger partial charge in [-0.05, 0) is 31.3 Å². The monoisotopic (exact) mass is 265 g/mol. The Morgan fingerprint density at radius 2 is 2.32 bits per heavy atom. The summed E-state index contributed by atoms with van der Waals surface area (Å²) in [7, 11) is 2.02. The number of hydrogen-bond donors (Lipinski definition) is 1. The van der Waals surface area contributed by atoms with Crippen LogP contribution in [0.2, 0.25) is 0 Å². The molecule has 0 aliphatic carbocycles. The summed E-state index contributed by atoms with van der Waals surface area (Å²) in [6.07, 6.45) is -0.214. The van der Waals surface area contributed by atoms with E-state index in [1.54, 1.807) is 11.0 Å². The molecule has 1 fully saturated rings. The molecule has 5 heteroatoms. The molecule has 1 heterocycles. The van der Waals surface area contributed by atoms with Crippen molar-refractivity contribution < 1.29 is 9.18 Å². The molecule has 0 aromatic heterocycles. The van der Waals surface area contributed by atoms with Gasteiger partial charge in [-0.25, -0.2) is 4.39 Å². The first kappa shape index (κ1) is 14.0. The molecule has 1 atom stereocenters. The summed E-state index contributed by atoms with van der Waals surface area (Å²) in [5.41, 5.74) is 0.796. The van der Waals surface area contributed by atoms with Crippen LogP contribution in [0.25, 0.3) is 0 Å². The van der Waals surface area contributed by atoms with Gasteiger partial charge in [0.15, 0.2) is 0 Å². The number of amides is 1. The van der Waals surface area contributed by atoms with E-state index in [2.05, 4.69) is 17.1 Å². The van der Waals surface area contributed by atoms with Crippen LogP contribution in [0, 0.1) is 5.82 Å². The molecule has 0 radical (unpaired) electrons. The third-order valence-electron chi connectivity index (χ3n) is 3.51. The summed E-state index contributed by atoms with van der Waals surface area (Å²) in [5.74, 6) is -0.206. The van der Waals surface area contributed by atoms with Gasteiger partial charge in [-0.2, -0.15) is 0 Å². The Bertz CT molecular complexity index is 452. The first-order chi connectivity index (χ1) is 9.11. The van der Waals surface area contributed by atoms with Gasteiger partial charge in [0, 0.05) is 13.1 Å². The van der Waals surface area contributed by atoms with Gasteiger partial charge >= 0.3 is 0 Å². The molecule has 1 aliphatic rings. The van der Waals surface area contributed by atoms with Crippen molar-refractivity contribution in [2.75, 3.05) is 33.2 Å². The highest BCUT2D eigenvalue weighted by molar-refractivity contribution is 5.80. The number of likely N-dealkylation sites (N-methyl/N-ethyl adjacent to an activating group) is 1. The van der Waals surface area contributed by atoms with Crippen molar-refractivity contribution in [3.05, 3.63) is 35.6 Å². The fourth-order valence-electron chi connectivity index (χ4n) is 2.20. The highest BCUT2D eigenvalue weighted by atomic mass is 19.1. The second-order valence-electron chi connectivity index (χ2n) is 4.82. The second kappa shape index (κ2) is 6.12. The van der Waals surface area contributed by atoms with Gasteiger partial charge in [0.2, 0.25) is 5.91 Å². The molecule has 0 spiro atoms. The molecule has 1 amide bonds. The lowest BCUT2D eigenvalue weighted by atomic mass is 10.1. The Morgan fingerprint density at radius 3 is 3.00 bits per heavy atom. The molecule has 19 heavy (non-hydrogen) atoms. The molecule has 1 aliphatic heterocycles. The molecule has 0 saturated carbocycles. The van der Waals surface area contributed by atoms with Gasteiger partial charge < -0.3 is 9.80 Å². The van der Waals surface area contributed by atoms with Crippen LogP contribution in [0.1, 0.15) is 18.7 Å². The number of nitrogens with one attached hydrogen (secondary N) is 1. The van der Waals surface area contributed by atoms with Gasteiger partial charge in [0.05, 0.1) is 6.54 Å². The van der Waals surface area contributed by atoms with Crippen molar-refractivity contribution in [2.24, 2.45) is 0 Å². The van der Waals surface area contributed by atoms with E-state index in [1.807, 2.05) is 13.1 Å². The number of hydrogen-bond acceptors (Lipinski definition) is 3. The summed E-state index contributed by atoms with van der Waals surface area (Å²) >= 11 is 0. The number of nitrogens with zero attached hydrogens (tertiary/aromatic N) is 2. The van der Waals surface area contributed by atoms with Crippen LogP contribution >= 0.6 is 0 Å². The van der Waals surface area contributed by atoms with E-state index < -0.39 is 0 Å². The Balaban J connectivity index is 2.08. The topological polar surface area (TPSA) is 35.6 Å². The average molecular weight is 265 g/mol. The normalized spacial score (nSPS) is 19.5. The minimum atomic E-state index is -0.274. The largest absolute Gasteiger partial charge is 0.321 e. The highest BCUT2D eigenvalue weighted by Gasteiger charge is 2.31. The van der Waals surface area contributed by atoms with Crippen LogP contribution in [-0.2, 0) is 4.79 Å². The zero-order valence-electron chi connectivity index (χ0n) is 11.4. The fourth-order valence-corrected chi connectivity index (χ4v) is 2.20. The third-order valence-corrected chi connectivity index (χ3v) is 3.51. The standard InChI is InChI=1S/C14H20FN3O/c1-3-17(2)7-8-18-13(19)10-16-14(18)11-5-4-6-12(15)9-11/h4-6,9,14,16H,3,7-8,10H2,1-2H3. The van der Waals surface area contributed by atoms with Crippen LogP contribution in [0.5, 0.6) is 0 Å². The lowest BCUT2D eigenvalue weighted by Gasteiger charge is -2.26. The van der Waals surface area contributed by atoms with Gasteiger partial charge in [-0.1, -0.05) is 19.1 Å². The average Bonchev–Trinajstić information content (AvgIpc) is 2.77. The maximum absolute atomic E-state index is 13.3. The molecule has 2 rings (SSSR count). The van der Waals surface area contributed by atoms with Crippen LogP contribution in [0.15, 0.2) is 24.3 Å². The van der Waals surface area contributed by atoms with Gasteiger partial charge in [-0.3, -0.25) is 10.1 Å². The van der Waals surface area contributed by atoms with E-state index in [-0.39, 0.29) is 17.9 Å². The number of halogens is 1. The second-order valence-corrected chi connectivity index (χ2v) is 4.82. The Hall–Kier alpha value is -1.46. The molecule has 0 bridgehead atoms. The minimum absolute atomic E-state index is 0.0683. The SMILES string of the molecule is CCN(C)CCN1C(=O)CNC1c1cccc(F)c1. The van der Waals surface area contributed by atoms with Crippen LogP contribution in [0.4, 0.5) is 4.39 Å². The molecule has 1 saturated heterocycles. The molecule has 4 nitrogen and oxygen atoms in total. The molecule has 1 aromatic rings. The smallest absolute Gasteiger partial charge is 0.238 e. The van der Waals surface area contributed by atoms with Crippen molar-refractivity contribution in [2.45, 2.75) is 13.1 Å². The predicted octanol–water partition coefficient (Wildman–Crippen LogP) is 1.21. The molecule has 1 unspecified atom stereocenters. The first-order valence-corrected chi connectivity index (χ1v) is 6.58. The van der Waals surface area contributed by atoms with Crippen molar-refractivity contribution in [1.29, 1.82) is 0 Å². The van der Waals surface area contributed by atoms with Gasteiger partial charge in [0.1, 0.15) is 12.0 Å². The third kappa shape index (κ3) is 3.30. The van der Waals surface area contributed by atoms with Crippen molar-refractivity contribution in [3.63, 3.8) is 0 Å². The van der Waals surface area contributed by atoms with E-state index in [0.29, 0.717) is 13.1 Å². The molecule has 1 N–H and O–H groups in total. The van der Waals surface area contributed by atoms with E-state index in [0.717, 1.165) is 18.7 Å². The summed E-state index contributed by atoms with van der Waals surface area (Å²) < 4.78 is 13.3. The van der Waals surface area contributed by atoms with Crippen molar-refractivity contribution in [3.8, 4) is 0 Å². The number of benzene rings is 1. The zero-order valence-corrected chi connectivity index (χ0v) is 11.4. The zero-order chi connectivity index (χ0) is 13.8. The van der Waals surface area contributed by atoms with E-state index in [9.17, 15) is 9.18 Å². The summed E-state index contributed by atoms with van der Waals surface area (Å²) in [6, 6.07) is 6.41. The summed E-state index contributed by atoms with van der Waals surface area (Å²) in [5, 5.41) is 3.13. The maximum Gasteiger partial charge on any atom is 0.238 e. The van der Waals surface area contributed by atoms with Gasteiger partial charge in [0.25, 0.3) is 0 Å². The molecule has 104 valence electrons. The molecular weight excluding hydrogens is 245 g/mol.